The van der Waals surface area contributed by atoms with E-state index >= 15 is 0 Å². The Morgan fingerprint density at radius 2 is 2.00 bits per heavy atom. The molecule has 3 nitrogen and oxygen atoms in total. The summed E-state index contributed by atoms with van der Waals surface area (Å²) in [5.41, 5.74) is 2.02. The van der Waals surface area contributed by atoms with Crippen LogP contribution in [0.15, 0.2) is 12.2 Å². The number of piperidine rings is 1. The summed E-state index contributed by atoms with van der Waals surface area (Å²) in [7, 11) is 0. The molecule has 1 spiro atoms. The van der Waals surface area contributed by atoms with Gasteiger partial charge in [0.1, 0.15) is 6.23 Å². The van der Waals surface area contributed by atoms with Crippen LogP contribution in [0.4, 0.5) is 0 Å². The molecule has 0 amide bonds. The first-order valence-corrected chi connectivity index (χ1v) is 10.7. The van der Waals surface area contributed by atoms with Crippen molar-refractivity contribution in [3.05, 3.63) is 12.2 Å². The van der Waals surface area contributed by atoms with E-state index in [2.05, 4.69) is 18.4 Å². The van der Waals surface area contributed by atoms with E-state index in [-0.39, 0.29) is 11.5 Å². The van der Waals surface area contributed by atoms with Gasteiger partial charge in [-0.1, -0.05) is 19.9 Å². The fourth-order valence-corrected chi connectivity index (χ4v) is 9.23. The lowest BCUT2D eigenvalue weighted by molar-refractivity contribution is -0.290. The Kier molecular flexibility index (Phi) is 2.95. The summed E-state index contributed by atoms with van der Waals surface area (Å²) in [6.45, 7) is 10.2. The van der Waals surface area contributed by atoms with Gasteiger partial charge in [0.2, 0.25) is 0 Å². The molecule has 2 heterocycles. The second kappa shape index (κ2) is 4.72. The predicted octanol–water partition coefficient (Wildman–Crippen LogP) is 3.58. The van der Waals surface area contributed by atoms with Gasteiger partial charge < -0.3 is 9.84 Å². The highest BCUT2D eigenvalue weighted by Gasteiger charge is 2.73. The van der Waals surface area contributed by atoms with Crippen molar-refractivity contribution in [2.75, 3.05) is 19.7 Å². The largest absolute Gasteiger partial charge is 0.388 e. The van der Waals surface area contributed by atoms with E-state index in [0.717, 1.165) is 24.6 Å². The van der Waals surface area contributed by atoms with Crippen molar-refractivity contribution in [2.24, 2.45) is 34.0 Å². The number of aliphatic hydroxyl groups is 1. The fraction of sp³-hybridized carbons (Fsp3) is 0.909. The van der Waals surface area contributed by atoms with Crippen molar-refractivity contribution in [2.45, 2.75) is 70.6 Å². The van der Waals surface area contributed by atoms with Gasteiger partial charge in [-0.2, -0.15) is 0 Å². The van der Waals surface area contributed by atoms with Crippen LogP contribution in [0.1, 0.15) is 58.3 Å². The molecule has 2 aliphatic heterocycles. The second-order valence-corrected chi connectivity index (χ2v) is 10.6. The summed E-state index contributed by atoms with van der Waals surface area (Å²) in [6, 6.07) is 0. The van der Waals surface area contributed by atoms with Gasteiger partial charge in [0.15, 0.2) is 0 Å². The van der Waals surface area contributed by atoms with Gasteiger partial charge >= 0.3 is 0 Å². The van der Waals surface area contributed by atoms with Gasteiger partial charge in [-0.25, -0.2) is 0 Å². The molecule has 2 saturated heterocycles. The normalized spacial score (nSPS) is 60.1. The van der Waals surface area contributed by atoms with E-state index in [1.54, 1.807) is 0 Å². The van der Waals surface area contributed by atoms with E-state index in [1.807, 2.05) is 0 Å². The van der Waals surface area contributed by atoms with Crippen molar-refractivity contribution in [1.29, 1.82) is 0 Å². The quantitative estimate of drug-likeness (QED) is 0.683. The molecule has 7 fully saturated rings. The van der Waals surface area contributed by atoms with Gasteiger partial charge in [-0.3, -0.25) is 4.90 Å². The maximum atomic E-state index is 11.3. The van der Waals surface area contributed by atoms with Crippen LogP contribution in [-0.2, 0) is 4.74 Å². The molecular formula is C22H33NO2. The Hall–Kier alpha value is -0.380. The molecule has 4 bridgehead atoms. The number of rotatable bonds is 0. The Morgan fingerprint density at radius 1 is 1.16 bits per heavy atom. The van der Waals surface area contributed by atoms with Crippen LogP contribution in [0.2, 0.25) is 0 Å². The summed E-state index contributed by atoms with van der Waals surface area (Å²) < 4.78 is 6.49. The van der Waals surface area contributed by atoms with Gasteiger partial charge in [0.25, 0.3) is 0 Å². The van der Waals surface area contributed by atoms with E-state index in [0.29, 0.717) is 28.9 Å². The van der Waals surface area contributed by atoms with E-state index < -0.39 is 0 Å². The molecule has 0 unspecified atom stereocenters. The summed E-state index contributed by atoms with van der Waals surface area (Å²) in [6.07, 6.45) is 10.4. The molecule has 3 heteroatoms. The summed E-state index contributed by atoms with van der Waals surface area (Å²) in [4.78, 5) is 2.69. The summed E-state index contributed by atoms with van der Waals surface area (Å²) >= 11 is 0. The summed E-state index contributed by atoms with van der Waals surface area (Å²) in [5.74, 6) is 1.99. The average molecular weight is 344 g/mol. The average Bonchev–Trinajstić information content (AvgIpc) is 3.06. The maximum Gasteiger partial charge on any atom is 0.117 e. The molecule has 0 aromatic heterocycles. The standard InChI is InChI=1S/C22H33NO2/c1-14-15-4-8-21(18(14)24)9-5-16-20(2)6-3-7-22(16,17(21)12-15)19-23(13-20)10-11-25-19/h15-19,24H,1,3-13H2,2H3/t15-,16-,17-,18-,19+,20+,21-,22+/m1/s1. The van der Waals surface area contributed by atoms with Crippen LogP contribution in [0.3, 0.4) is 0 Å². The lowest BCUT2D eigenvalue weighted by Crippen LogP contribution is -2.73. The highest BCUT2D eigenvalue weighted by Crippen LogP contribution is 2.75. The minimum atomic E-state index is -0.259. The van der Waals surface area contributed by atoms with Crippen molar-refractivity contribution in [3.8, 4) is 0 Å². The number of fused-ring (bicyclic) bond motifs is 3. The zero-order chi connectivity index (χ0) is 17.0. The van der Waals surface area contributed by atoms with Crippen molar-refractivity contribution in [1.82, 2.24) is 4.90 Å². The summed E-state index contributed by atoms with van der Waals surface area (Å²) in [5, 5.41) is 11.3. The molecule has 138 valence electrons. The molecular weight excluding hydrogens is 310 g/mol. The van der Waals surface area contributed by atoms with Crippen LogP contribution in [0.25, 0.3) is 0 Å². The minimum Gasteiger partial charge on any atom is -0.388 e. The molecule has 8 atom stereocenters. The van der Waals surface area contributed by atoms with E-state index in [1.165, 1.54) is 57.9 Å². The monoisotopic (exact) mass is 343 g/mol. The highest BCUT2D eigenvalue weighted by atomic mass is 16.5. The third kappa shape index (κ3) is 1.62. The third-order valence-electron chi connectivity index (χ3n) is 10.00. The first kappa shape index (κ1) is 15.7. The Bertz CT molecular complexity index is 634. The number of hydrogen-bond acceptors (Lipinski definition) is 3. The zero-order valence-electron chi connectivity index (χ0n) is 15.7. The molecule has 25 heavy (non-hydrogen) atoms. The van der Waals surface area contributed by atoms with Gasteiger partial charge in [-0.15, -0.1) is 0 Å². The molecule has 5 aliphatic carbocycles. The zero-order valence-corrected chi connectivity index (χ0v) is 15.7. The predicted molar refractivity (Wildman–Crippen MR) is 96.8 cm³/mol. The van der Waals surface area contributed by atoms with Crippen LogP contribution in [0.5, 0.6) is 0 Å². The number of ether oxygens (including phenoxy) is 1. The Labute approximate surface area is 151 Å². The second-order valence-electron chi connectivity index (χ2n) is 10.6. The Balaban J connectivity index is 1.53. The van der Waals surface area contributed by atoms with E-state index in [4.69, 9.17) is 4.74 Å². The lowest BCUT2D eigenvalue weighted by atomic mass is 9.34. The van der Waals surface area contributed by atoms with Crippen LogP contribution in [0, 0.1) is 34.0 Å². The van der Waals surface area contributed by atoms with Crippen LogP contribution in [-0.4, -0.2) is 42.0 Å². The maximum absolute atomic E-state index is 11.3. The SMILES string of the molecule is C=C1[C@@H]2CC[C@]3(CC[C@@H]4[C@@]5(C)CCC[C@@]4([C@@H]4OCCN4C5)[C@@H]3C2)[C@@H]1O. The highest BCUT2D eigenvalue weighted by molar-refractivity contribution is 5.28. The van der Waals surface area contributed by atoms with Crippen LogP contribution < -0.4 is 0 Å². The minimum absolute atomic E-state index is 0.107. The topological polar surface area (TPSA) is 32.7 Å². The van der Waals surface area contributed by atoms with Gasteiger partial charge in [0.05, 0.1) is 12.7 Å². The molecule has 0 radical (unpaired) electrons. The first-order chi connectivity index (χ1) is 12.0. The third-order valence-corrected chi connectivity index (χ3v) is 10.00. The number of hydrogen-bond donors (Lipinski definition) is 1. The molecule has 1 N–H and O–H groups in total. The Morgan fingerprint density at radius 3 is 2.88 bits per heavy atom. The fourth-order valence-electron chi connectivity index (χ4n) is 9.23. The van der Waals surface area contributed by atoms with E-state index in [9.17, 15) is 5.11 Å². The van der Waals surface area contributed by atoms with Crippen molar-refractivity contribution >= 4 is 0 Å². The molecule has 5 saturated carbocycles. The van der Waals surface area contributed by atoms with Gasteiger partial charge in [-0.05, 0) is 73.7 Å². The number of aliphatic hydroxyl groups excluding tert-OH is 1. The van der Waals surface area contributed by atoms with Crippen LogP contribution >= 0.6 is 0 Å². The number of nitrogens with zero attached hydrogens (tertiary/aromatic N) is 1. The van der Waals surface area contributed by atoms with Gasteiger partial charge in [0, 0.05) is 23.9 Å². The molecule has 0 aromatic rings. The molecule has 7 rings (SSSR count). The molecule has 7 aliphatic rings. The van der Waals surface area contributed by atoms with Crippen molar-refractivity contribution in [3.63, 3.8) is 0 Å². The van der Waals surface area contributed by atoms with Crippen molar-refractivity contribution < 1.29 is 9.84 Å². The smallest absolute Gasteiger partial charge is 0.117 e. The first-order valence-electron chi connectivity index (χ1n) is 10.7. The molecule has 0 aromatic carbocycles. The lowest BCUT2D eigenvalue weighted by Gasteiger charge is -2.73.